The van der Waals surface area contributed by atoms with Crippen molar-refractivity contribution in [2.45, 2.75) is 71.6 Å². The van der Waals surface area contributed by atoms with Crippen LogP contribution in [0, 0.1) is 5.92 Å². The number of imide groups is 1. The molecule has 1 heterocycles. The molecule has 7 nitrogen and oxygen atoms in total. The number of nitrogens with one attached hydrogen (secondary N) is 1. The molecule has 1 aliphatic heterocycles. The van der Waals surface area contributed by atoms with Gasteiger partial charge in [0.2, 0.25) is 5.91 Å². The van der Waals surface area contributed by atoms with Gasteiger partial charge in [0.25, 0.3) is 11.8 Å². The predicted molar refractivity (Wildman–Crippen MR) is 87.3 cm³/mol. The number of hydrogen-bond acceptors (Lipinski definition) is 5. The first kappa shape index (κ1) is 20.1. The van der Waals surface area contributed by atoms with Gasteiger partial charge < -0.3 is 10.2 Å². The molecule has 24 heavy (non-hydrogen) atoms. The Kier molecular flexibility index (Phi) is 9.04. The number of amides is 3. The van der Waals surface area contributed by atoms with Crippen molar-refractivity contribution in [3.05, 3.63) is 0 Å². The maximum Gasteiger partial charge on any atom is 0.333 e. The molecule has 1 aliphatic rings. The van der Waals surface area contributed by atoms with E-state index >= 15 is 0 Å². The van der Waals surface area contributed by atoms with E-state index in [0.29, 0.717) is 18.0 Å². The van der Waals surface area contributed by atoms with Gasteiger partial charge in [-0.05, 0) is 18.8 Å². The highest BCUT2D eigenvalue weighted by molar-refractivity contribution is 6.01. The fourth-order valence-corrected chi connectivity index (χ4v) is 2.34. The lowest BCUT2D eigenvalue weighted by Gasteiger charge is -2.12. The lowest BCUT2D eigenvalue weighted by atomic mass is 10.0. The summed E-state index contributed by atoms with van der Waals surface area (Å²) in [6.45, 7) is 5.05. The number of carbonyl (C=O) groups excluding carboxylic acids is 4. The van der Waals surface area contributed by atoms with Gasteiger partial charge in [-0.2, -0.15) is 0 Å². The molecule has 0 aromatic rings. The second kappa shape index (κ2) is 10.8. The van der Waals surface area contributed by atoms with Crippen LogP contribution in [-0.2, 0) is 24.0 Å². The molecule has 7 heteroatoms. The van der Waals surface area contributed by atoms with Gasteiger partial charge in [-0.25, -0.2) is 4.79 Å². The summed E-state index contributed by atoms with van der Waals surface area (Å²) < 4.78 is 0. The molecule has 1 unspecified atom stereocenters. The van der Waals surface area contributed by atoms with E-state index in [1.165, 1.54) is 12.8 Å². The molecule has 0 spiro atoms. The quantitative estimate of drug-likeness (QED) is 0.459. The van der Waals surface area contributed by atoms with Crippen LogP contribution in [0.4, 0.5) is 0 Å². The normalized spacial score (nSPS) is 15.5. The molecule has 1 N–H and O–H groups in total. The minimum Gasteiger partial charge on any atom is -0.356 e. The minimum absolute atomic E-state index is 0.00149. The van der Waals surface area contributed by atoms with Crippen molar-refractivity contribution in [2.75, 3.05) is 6.54 Å². The lowest BCUT2D eigenvalue weighted by molar-refractivity contribution is -0.197. The zero-order valence-electron chi connectivity index (χ0n) is 14.6. The summed E-state index contributed by atoms with van der Waals surface area (Å²) in [5.41, 5.74) is 0. The molecule has 0 aliphatic carbocycles. The topological polar surface area (TPSA) is 92.8 Å². The second-order valence-corrected chi connectivity index (χ2v) is 6.26. The Labute approximate surface area is 143 Å². The maximum atomic E-state index is 11.6. The maximum absolute atomic E-state index is 11.6. The highest BCUT2D eigenvalue weighted by atomic mass is 16.7. The second-order valence-electron chi connectivity index (χ2n) is 6.26. The van der Waals surface area contributed by atoms with Crippen LogP contribution in [0.2, 0.25) is 0 Å². The van der Waals surface area contributed by atoms with Gasteiger partial charge in [0.15, 0.2) is 0 Å². The third kappa shape index (κ3) is 7.57. The van der Waals surface area contributed by atoms with Gasteiger partial charge in [-0.3, -0.25) is 14.4 Å². The first-order valence-electron chi connectivity index (χ1n) is 8.77. The van der Waals surface area contributed by atoms with Crippen LogP contribution in [-0.4, -0.2) is 35.3 Å². The minimum atomic E-state index is -0.667. The zero-order chi connectivity index (χ0) is 17.9. The summed E-state index contributed by atoms with van der Waals surface area (Å²) in [7, 11) is 0. The van der Waals surface area contributed by atoms with E-state index in [-0.39, 0.29) is 31.6 Å². The Balaban J connectivity index is 2.05. The number of hydrogen-bond donors (Lipinski definition) is 1. The number of carbonyl (C=O) groups is 4. The Morgan fingerprint density at radius 1 is 1.12 bits per heavy atom. The largest absolute Gasteiger partial charge is 0.356 e. The van der Waals surface area contributed by atoms with Crippen molar-refractivity contribution >= 4 is 23.7 Å². The van der Waals surface area contributed by atoms with Crippen molar-refractivity contribution in [1.29, 1.82) is 0 Å². The van der Waals surface area contributed by atoms with Crippen LogP contribution >= 0.6 is 0 Å². The lowest BCUT2D eigenvalue weighted by Crippen LogP contribution is -2.32. The summed E-state index contributed by atoms with van der Waals surface area (Å²) in [6, 6.07) is 0. The fourth-order valence-electron chi connectivity index (χ4n) is 2.34. The molecule has 0 saturated carbocycles. The van der Waals surface area contributed by atoms with E-state index in [0.717, 1.165) is 18.8 Å². The van der Waals surface area contributed by atoms with E-state index in [1.807, 2.05) is 0 Å². The van der Waals surface area contributed by atoms with Crippen LogP contribution in [0.5, 0.6) is 0 Å². The summed E-state index contributed by atoms with van der Waals surface area (Å²) in [6.07, 6.45) is 5.10. The summed E-state index contributed by atoms with van der Waals surface area (Å²) in [4.78, 5) is 50.5. The monoisotopic (exact) mass is 340 g/mol. The van der Waals surface area contributed by atoms with Crippen LogP contribution in [0.15, 0.2) is 0 Å². The average molecular weight is 340 g/mol. The van der Waals surface area contributed by atoms with Crippen molar-refractivity contribution in [3.63, 3.8) is 0 Å². The molecule has 0 aromatic carbocycles. The Morgan fingerprint density at radius 3 is 2.42 bits per heavy atom. The number of nitrogens with zero attached hydrogens (tertiary/aromatic N) is 1. The van der Waals surface area contributed by atoms with E-state index in [4.69, 9.17) is 4.84 Å². The van der Waals surface area contributed by atoms with Gasteiger partial charge in [0.05, 0.1) is 0 Å². The van der Waals surface area contributed by atoms with E-state index in [2.05, 4.69) is 19.2 Å². The summed E-state index contributed by atoms with van der Waals surface area (Å²) in [5.74, 6) is -1.03. The molecule has 3 amide bonds. The standard InChI is InChI=1S/C17H28N2O5/c1-3-13(2)7-4-5-12-18-14(20)8-6-9-17(23)24-19-15(21)10-11-16(19)22/h13H,3-12H2,1-2H3,(H,18,20). The molecule has 1 rings (SSSR count). The summed E-state index contributed by atoms with van der Waals surface area (Å²) in [5, 5.41) is 3.35. The Bertz CT molecular complexity index is 448. The predicted octanol–water partition coefficient (Wildman–Crippen LogP) is 2.10. The molecular formula is C17H28N2O5. The van der Waals surface area contributed by atoms with Crippen molar-refractivity contribution in [1.82, 2.24) is 10.4 Å². The number of unbranched alkanes of at least 4 members (excludes halogenated alkanes) is 1. The van der Waals surface area contributed by atoms with E-state index in [1.54, 1.807) is 0 Å². The summed E-state index contributed by atoms with van der Waals surface area (Å²) >= 11 is 0. The van der Waals surface area contributed by atoms with Gasteiger partial charge in [0, 0.05) is 32.2 Å². The Hall–Kier alpha value is -1.92. The molecule has 0 radical (unpaired) electrons. The number of rotatable bonds is 11. The Morgan fingerprint density at radius 2 is 1.79 bits per heavy atom. The smallest absolute Gasteiger partial charge is 0.333 e. The van der Waals surface area contributed by atoms with Gasteiger partial charge in [0.1, 0.15) is 0 Å². The van der Waals surface area contributed by atoms with E-state index < -0.39 is 17.8 Å². The van der Waals surface area contributed by atoms with Crippen molar-refractivity contribution in [2.24, 2.45) is 5.92 Å². The third-order valence-electron chi connectivity index (χ3n) is 4.13. The van der Waals surface area contributed by atoms with Crippen molar-refractivity contribution < 1.29 is 24.0 Å². The molecule has 0 bridgehead atoms. The van der Waals surface area contributed by atoms with Gasteiger partial charge in [-0.15, -0.1) is 5.06 Å². The molecule has 1 fully saturated rings. The highest BCUT2D eigenvalue weighted by Gasteiger charge is 2.32. The average Bonchev–Trinajstić information content (AvgIpc) is 2.86. The number of hydroxylamine groups is 2. The van der Waals surface area contributed by atoms with E-state index in [9.17, 15) is 19.2 Å². The first-order chi connectivity index (χ1) is 11.4. The van der Waals surface area contributed by atoms with Gasteiger partial charge in [-0.1, -0.05) is 33.1 Å². The molecule has 1 atom stereocenters. The molecule has 0 aromatic heterocycles. The van der Waals surface area contributed by atoms with Crippen LogP contribution < -0.4 is 5.32 Å². The zero-order valence-corrected chi connectivity index (χ0v) is 14.6. The molecular weight excluding hydrogens is 312 g/mol. The van der Waals surface area contributed by atoms with Crippen LogP contribution in [0.25, 0.3) is 0 Å². The highest BCUT2D eigenvalue weighted by Crippen LogP contribution is 2.13. The first-order valence-corrected chi connectivity index (χ1v) is 8.77. The van der Waals surface area contributed by atoms with Gasteiger partial charge >= 0.3 is 5.97 Å². The van der Waals surface area contributed by atoms with Crippen LogP contribution in [0.1, 0.15) is 71.6 Å². The van der Waals surface area contributed by atoms with Crippen LogP contribution in [0.3, 0.4) is 0 Å². The SMILES string of the molecule is CCC(C)CCCCNC(=O)CCCC(=O)ON1C(=O)CCC1=O. The third-order valence-corrected chi connectivity index (χ3v) is 4.13. The molecule has 1 saturated heterocycles. The molecule has 136 valence electrons. The fraction of sp³-hybridized carbons (Fsp3) is 0.765. The van der Waals surface area contributed by atoms with Crippen molar-refractivity contribution in [3.8, 4) is 0 Å².